The molecular formula is C16H16N2O5. The van der Waals surface area contributed by atoms with Gasteiger partial charge in [-0.1, -0.05) is 6.07 Å². The van der Waals surface area contributed by atoms with Gasteiger partial charge in [-0.15, -0.1) is 0 Å². The first-order valence-corrected chi connectivity index (χ1v) is 6.81. The highest BCUT2D eigenvalue weighted by Crippen LogP contribution is 2.25. The summed E-state index contributed by atoms with van der Waals surface area (Å²) in [5.74, 6) is 0.577. The summed E-state index contributed by atoms with van der Waals surface area (Å²) in [6.45, 7) is 1.69. The summed E-state index contributed by atoms with van der Waals surface area (Å²) in [5.41, 5.74) is 1.51. The number of nitro groups is 1. The maximum absolute atomic E-state index is 11.9. The highest BCUT2D eigenvalue weighted by molar-refractivity contribution is 5.93. The summed E-state index contributed by atoms with van der Waals surface area (Å²) < 4.78 is 10.5. The maximum Gasteiger partial charge on any atom is 0.269 e. The van der Waals surface area contributed by atoms with Crippen LogP contribution in [0.3, 0.4) is 0 Å². The zero-order valence-electron chi connectivity index (χ0n) is 12.7. The lowest BCUT2D eigenvalue weighted by molar-refractivity contribution is -0.384. The van der Waals surface area contributed by atoms with Gasteiger partial charge in [0.2, 0.25) is 0 Å². The second-order valence-corrected chi connectivity index (χ2v) is 4.79. The molecule has 2 rings (SSSR count). The second kappa shape index (κ2) is 7.26. The Kier molecular flexibility index (Phi) is 5.14. The van der Waals surface area contributed by atoms with Crippen molar-refractivity contribution in [3.63, 3.8) is 0 Å². The predicted octanol–water partition coefficient (Wildman–Crippen LogP) is 2.93. The van der Waals surface area contributed by atoms with Gasteiger partial charge in [0, 0.05) is 12.1 Å². The van der Waals surface area contributed by atoms with Crippen LogP contribution in [0.15, 0.2) is 42.5 Å². The van der Waals surface area contributed by atoms with Crippen LogP contribution in [0.4, 0.5) is 11.4 Å². The van der Waals surface area contributed by atoms with Crippen LogP contribution in [0.2, 0.25) is 0 Å². The van der Waals surface area contributed by atoms with Gasteiger partial charge in [0.1, 0.15) is 11.5 Å². The molecule has 0 unspecified atom stereocenters. The maximum atomic E-state index is 11.9. The minimum absolute atomic E-state index is 0.0358. The SMILES string of the molecule is COc1ccc(C)cc1NC(=O)COc1ccc([N+](=O)[O-])cc1. The Hall–Kier alpha value is -3.09. The smallest absolute Gasteiger partial charge is 0.269 e. The summed E-state index contributed by atoms with van der Waals surface area (Å²) in [6.07, 6.45) is 0. The average molecular weight is 316 g/mol. The van der Waals surface area contributed by atoms with E-state index in [1.54, 1.807) is 12.1 Å². The summed E-state index contributed by atoms with van der Waals surface area (Å²) in [5, 5.41) is 13.3. The van der Waals surface area contributed by atoms with E-state index in [1.807, 2.05) is 13.0 Å². The predicted molar refractivity (Wildman–Crippen MR) is 85.0 cm³/mol. The Balaban J connectivity index is 1.95. The molecule has 7 heteroatoms. The number of anilines is 1. The van der Waals surface area contributed by atoms with Crippen LogP contribution in [-0.2, 0) is 4.79 Å². The van der Waals surface area contributed by atoms with E-state index in [9.17, 15) is 14.9 Å². The topological polar surface area (TPSA) is 90.7 Å². The summed E-state index contributed by atoms with van der Waals surface area (Å²) in [4.78, 5) is 22.0. The third kappa shape index (κ3) is 4.44. The van der Waals surface area contributed by atoms with Crippen molar-refractivity contribution in [1.82, 2.24) is 0 Å². The van der Waals surface area contributed by atoms with Crippen LogP contribution in [0.1, 0.15) is 5.56 Å². The third-order valence-corrected chi connectivity index (χ3v) is 3.05. The number of nitrogens with one attached hydrogen (secondary N) is 1. The summed E-state index contributed by atoms with van der Waals surface area (Å²) in [6, 6.07) is 11.0. The second-order valence-electron chi connectivity index (χ2n) is 4.79. The van der Waals surface area contributed by atoms with Crippen molar-refractivity contribution in [2.75, 3.05) is 19.0 Å². The van der Waals surface area contributed by atoms with Gasteiger partial charge in [-0.25, -0.2) is 0 Å². The molecule has 7 nitrogen and oxygen atoms in total. The number of carbonyl (C=O) groups excluding carboxylic acids is 1. The lowest BCUT2D eigenvalue weighted by atomic mass is 10.2. The molecule has 0 aromatic heterocycles. The fourth-order valence-corrected chi connectivity index (χ4v) is 1.92. The molecule has 0 fully saturated rings. The van der Waals surface area contributed by atoms with Gasteiger partial charge in [0.05, 0.1) is 17.7 Å². The van der Waals surface area contributed by atoms with Crippen molar-refractivity contribution < 1.29 is 19.2 Å². The zero-order valence-corrected chi connectivity index (χ0v) is 12.7. The normalized spacial score (nSPS) is 10.0. The minimum Gasteiger partial charge on any atom is -0.495 e. The molecule has 0 aliphatic carbocycles. The largest absolute Gasteiger partial charge is 0.495 e. The molecular weight excluding hydrogens is 300 g/mol. The van der Waals surface area contributed by atoms with Crippen molar-refractivity contribution in [3.05, 3.63) is 58.1 Å². The Bertz CT molecular complexity index is 713. The Labute approximate surface area is 133 Å². The molecule has 23 heavy (non-hydrogen) atoms. The van der Waals surface area contributed by atoms with E-state index in [4.69, 9.17) is 9.47 Å². The number of ether oxygens (including phenoxy) is 2. The molecule has 2 aromatic rings. The first-order chi connectivity index (χ1) is 11.0. The van der Waals surface area contributed by atoms with E-state index in [0.29, 0.717) is 17.2 Å². The fraction of sp³-hybridized carbons (Fsp3) is 0.188. The van der Waals surface area contributed by atoms with Crippen molar-refractivity contribution >= 4 is 17.3 Å². The Morgan fingerprint density at radius 2 is 1.91 bits per heavy atom. The van der Waals surface area contributed by atoms with Gasteiger partial charge in [-0.2, -0.15) is 0 Å². The minimum atomic E-state index is -0.500. The third-order valence-electron chi connectivity index (χ3n) is 3.05. The van der Waals surface area contributed by atoms with Gasteiger partial charge < -0.3 is 14.8 Å². The summed E-state index contributed by atoms with van der Waals surface area (Å²) in [7, 11) is 1.52. The highest BCUT2D eigenvalue weighted by Gasteiger charge is 2.09. The molecule has 0 aliphatic rings. The van der Waals surface area contributed by atoms with Gasteiger partial charge >= 0.3 is 0 Å². The number of benzene rings is 2. The van der Waals surface area contributed by atoms with Gasteiger partial charge in [0.25, 0.3) is 11.6 Å². The van der Waals surface area contributed by atoms with E-state index in [-0.39, 0.29) is 18.2 Å². The van der Waals surface area contributed by atoms with E-state index >= 15 is 0 Å². The van der Waals surface area contributed by atoms with Crippen molar-refractivity contribution in [3.8, 4) is 11.5 Å². The number of amides is 1. The molecule has 120 valence electrons. The van der Waals surface area contributed by atoms with Gasteiger partial charge in [-0.05, 0) is 36.8 Å². The average Bonchev–Trinajstić information content (AvgIpc) is 2.53. The Morgan fingerprint density at radius 3 is 2.52 bits per heavy atom. The number of nitro benzene ring substituents is 1. The van der Waals surface area contributed by atoms with Crippen LogP contribution in [0, 0.1) is 17.0 Å². The molecule has 1 N–H and O–H groups in total. The highest BCUT2D eigenvalue weighted by atomic mass is 16.6. The molecule has 0 radical (unpaired) electrons. The number of carbonyl (C=O) groups is 1. The van der Waals surface area contributed by atoms with Gasteiger partial charge in [-0.3, -0.25) is 14.9 Å². The zero-order chi connectivity index (χ0) is 16.8. The van der Waals surface area contributed by atoms with Crippen LogP contribution in [-0.4, -0.2) is 24.5 Å². The molecule has 0 bridgehead atoms. The lowest BCUT2D eigenvalue weighted by Gasteiger charge is -2.11. The molecule has 0 aliphatic heterocycles. The van der Waals surface area contributed by atoms with Crippen molar-refractivity contribution in [2.24, 2.45) is 0 Å². The van der Waals surface area contributed by atoms with Crippen LogP contribution in [0.25, 0.3) is 0 Å². The molecule has 0 saturated carbocycles. The standard InChI is InChI=1S/C16H16N2O5/c1-11-3-8-15(22-2)14(9-11)17-16(19)10-23-13-6-4-12(5-7-13)18(20)21/h3-9H,10H2,1-2H3,(H,17,19). The fourth-order valence-electron chi connectivity index (χ4n) is 1.92. The number of rotatable bonds is 6. The number of methoxy groups -OCH3 is 1. The number of hydrogen-bond acceptors (Lipinski definition) is 5. The number of nitrogens with zero attached hydrogens (tertiary/aromatic N) is 1. The van der Waals surface area contributed by atoms with E-state index in [1.165, 1.54) is 31.4 Å². The van der Waals surface area contributed by atoms with E-state index < -0.39 is 4.92 Å². The monoisotopic (exact) mass is 316 g/mol. The molecule has 0 spiro atoms. The molecule has 0 heterocycles. The van der Waals surface area contributed by atoms with Crippen LogP contribution < -0.4 is 14.8 Å². The number of hydrogen-bond donors (Lipinski definition) is 1. The molecule has 1 amide bonds. The first-order valence-electron chi connectivity index (χ1n) is 6.81. The molecule has 0 saturated heterocycles. The molecule has 2 aromatic carbocycles. The number of aryl methyl sites for hydroxylation is 1. The van der Waals surface area contributed by atoms with Crippen molar-refractivity contribution in [2.45, 2.75) is 6.92 Å². The molecule has 0 atom stereocenters. The van der Waals surface area contributed by atoms with Crippen LogP contribution in [0.5, 0.6) is 11.5 Å². The van der Waals surface area contributed by atoms with Crippen LogP contribution >= 0.6 is 0 Å². The van der Waals surface area contributed by atoms with E-state index in [0.717, 1.165) is 5.56 Å². The quantitative estimate of drug-likeness (QED) is 0.653. The number of non-ortho nitro benzene ring substituents is 1. The van der Waals surface area contributed by atoms with Gasteiger partial charge in [0.15, 0.2) is 6.61 Å². The lowest BCUT2D eigenvalue weighted by Crippen LogP contribution is -2.20. The van der Waals surface area contributed by atoms with E-state index in [2.05, 4.69) is 5.32 Å². The van der Waals surface area contributed by atoms with Crippen molar-refractivity contribution in [1.29, 1.82) is 0 Å². The first kappa shape index (κ1) is 16.3. The Morgan fingerprint density at radius 1 is 1.22 bits per heavy atom. The summed E-state index contributed by atoms with van der Waals surface area (Å²) >= 11 is 0.